The summed E-state index contributed by atoms with van der Waals surface area (Å²) < 4.78 is 5.02. The van der Waals surface area contributed by atoms with Crippen LogP contribution in [0, 0.1) is 0 Å². The molecule has 1 aromatic carbocycles. The van der Waals surface area contributed by atoms with Crippen molar-refractivity contribution < 1.29 is 28.7 Å². The second-order valence-electron chi connectivity index (χ2n) is 6.61. The van der Waals surface area contributed by atoms with Crippen LogP contribution in [0.25, 0.3) is 6.08 Å². The molecule has 0 saturated carbocycles. The van der Waals surface area contributed by atoms with E-state index >= 15 is 0 Å². The molecule has 3 rings (SSSR count). The maximum atomic E-state index is 12.7. The quantitative estimate of drug-likeness (QED) is 0.344. The van der Waals surface area contributed by atoms with Gasteiger partial charge in [-0.05, 0) is 36.6 Å². The predicted molar refractivity (Wildman–Crippen MR) is 98.0 cm³/mol. The number of unbranched alkanes of at least 4 members (excludes halogenated alkanes) is 1. The molecule has 1 N–H and O–H groups in total. The van der Waals surface area contributed by atoms with E-state index in [9.17, 15) is 24.0 Å². The molecular weight excluding hydrogens is 364 g/mol. The van der Waals surface area contributed by atoms with Crippen LogP contribution in [0.15, 0.2) is 24.3 Å². The van der Waals surface area contributed by atoms with Crippen LogP contribution in [0.5, 0.6) is 0 Å². The molecule has 2 aliphatic rings. The van der Waals surface area contributed by atoms with E-state index in [2.05, 4.69) is 5.32 Å². The number of amides is 4. The number of carbonyl (C=O) groups excluding carboxylic acids is 5. The van der Waals surface area contributed by atoms with Gasteiger partial charge in [0, 0.05) is 12.5 Å². The lowest BCUT2D eigenvalue weighted by Crippen LogP contribution is -2.54. The third-order valence-electron chi connectivity index (χ3n) is 4.62. The van der Waals surface area contributed by atoms with E-state index in [0.717, 1.165) is 17.7 Å². The van der Waals surface area contributed by atoms with Gasteiger partial charge in [0.15, 0.2) is 0 Å². The number of rotatable bonds is 6. The molecule has 2 aliphatic heterocycles. The first-order valence-corrected chi connectivity index (χ1v) is 9.13. The molecular formula is C20H20N2O6. The van der Waals surface area contributed by atoms with E-state index in [1.807, 2.05) is 6.92 Å². The van der Waals surface area contributed by atoms with Crippen molar-refractivity contribution in [1.29, 1.82) is 0 Å². The molecule has 0 aliphatic carbocycles. The summed E-state index contributed by atoms with van der Waals surface area (Å²) in [6.07, 6.45) is 4.63. The number of hydrogen-bond donors (Lipinski definition) is 1. The largest absolute Gasteiger partial charge is 0.463 e. The summed E-state index contributed by atoms with van der Waals surface area (Å²) in [5, 5.41) is 2.15. The minimum Gasteiger partial charge on any atom is -0.463 e. The average molecular weight is 384 g/mol. The van der Waals surface area contributed by atoms with Gasteiger partial charge in [0.2, 0.25) is 11.8 Å². The second kappa shape index (κ2) is 8.16. The normalized spacial score (nSPS) is 19.2. The zero-order chi connectivity index (χ0) is 20.3. The summed E-state index contributed by atoms with van der Waals surface area (Å²) in [6, 6.07) is 3.59. The fraction of sp³-hybridized carbons (Fsp3) is 0.350. The summed E-state index contributed by atoms with van der Waals surface area (Å²) in [6.45, 7) is 2.34. The third-order valence-corrected chi connectivity index (χ3v) is 4.62. The van der Waals surface area contributed by atoms with E-state index in [1.165, 1.54) is 24.3 Å². The van der Waals surface area contributed by atoms with Gasteiger partial charge >= 0.3 is 5.97 Å². The van der Waals surface area contributed by atoms with Gasteiger partial charge in [-0.3, -0.25) is 29.4 Å². The number of benzene rings is 1. The lowest BCUT2D eigenvalue weighted by atomic mass is 10.0. The lowest BCUT2D eigenvalue weighted by molar-refractivity contribution is -0.138. The van der Waals surface area contributed by atoms with Gasteiger partial charge in [-0.25, -0.2) is 4.79 Å². The van der Waals surface area contributed by atoms with Crippen molar-refractivity contribution >= 4 is 35.7 Å². The maximum absolute atomic E-state index is 12.7. The average Bonchev–Trinajstić information content (AvgIpc) is 2.91. The zero-order valence-corrected chi connectivity index (χ0v) is 15.4. The number of nitrogens with zero attached hydrogens (tertiary/aromatic N) is 1. The molecule has 1 aromatic rings. The van der Waals surface area contributed by atoms with Crippen molar-refractivity contribution in [1.82, 2.24) is 10.2 Å². The Kier molecular flexibility index (Phi) is 5.67. The molecule has 0 spiro atoms. The minimum absolute atomic E-state index is 0.0674. The summed E-state index contributed by atoms with van der Waals surface area (Å²) >= 11 is 0. The van der Waals surface area contributed by atoms with Gasteiger partial charge < -0.3 is 4.74 Å². The molecule has 1 unspecified atom stereocenters. The fourth-order valence-electron chi connectivity index (χ4n) is 3.12. The van der Waals surface area contributed by atoms with Gasteiger partial charge in [-0.2, -0.15) is 0 Å². The number of imide groups is 2. The van der Waals surface area contributed by atoms with Crippen molar-refractivity contribution in [2.75, 3.05) is 6.61 Å². The fourth-order valence-corrected chi connectivity index (χ4v) is 3.12. The Hall–Kier alpha value is -3.29. The first-order chi connectivity index (χ1) is 13.4. The summed E-state index contributed by atoms with van der Waals surface area (Å²) in [5.74, 6) is -2.71. The van der Waals surface area contributed by atoms with Crippen molar-refractivity contribution in [3.63, 3.8) is 0 Å². The monoisotopic (exact) mass is 384 g/mol. The number of carbonyl (C=O) groups is 5. The van der Waals surface area contributed by atoms with E-state index < -0.39 is 35.6 Å². The van der Waals surface area contributed by atoms with Crippen LogP contribution < -0.4 is 5.32 Å². The molecule has 1 saturated heterocycles. The Morgan fingerprint density at radius 2 is 1.96 bits per heavy atom. The highest BCUT2D eigenvalue weighted by molar-refractivity contribution is 6.23. The molecule has 8 nitrogen and oxygen atoms in total. The molecule has 1 fully saturated rings. The molecule has 0 aromatic heterocycles. The number of nitrogens with one attached hydrogen (secondary N) is 1. The van der Waals surface area contributed by atoms with Crippen molar-refractivity contribution in [3.05, 3.63) is 41.0 Å². The van der Waals surface area contributed by atoms with Gasteiger partial charge in [0.25, 0.3) is 11.8 Å². The predicted octanol–water partition coefficient (Wildman–Crippen LogP) is 1.44. The number of esters is 1. The van der Waals surface area contributed by atoms with Gasteiger partial charge in [-0.15, -0.1) is 0 Å². The van der Waals surface area contributed by atoms with Crippen molar-refractivity contribution in [3.8, 4) is 0 Å². The Morgan fingerprint density at radius 1 is 1.21 bits per heavy atom. The Bertz CT molecular complexity index is 889. The second-order valence-corrected chi connectivity index (χ2v) is 6.61. The molecule has 0 radical (unpaired) electrons. The van der Waals surface area contributed by atoms with Crippen LogP contribution in [0.3, 0.4) is 0 Å². The molecule has 0 bridgehead atoms. The van der Waals surface area contributed by atoms with Crippen molar-refractivity contribution in [2.24, 2.45) is 0 Å². The summed E-state index contributed by atoms with van der Waals surface area (Å²) in [5.41, 5.74) is 0.908. The minimum atomic E-state index is -1.00. The number of ether oxygens (including phenoxy) is 1. The summed E-state index contributed by atoms with van der Waals surface area (Å²) in [7, 11) is 0. The molecule has 28 heavy (non-hydrogen) atoms. The van der Waals surface area contributed by atoms with Gasteiger partial charge in [0.05, 0.1) is 17.7 Å². The maximum Gasteiger partial charge on any atom is 0.330 e. The lowest BCUT2D eigenvalue weighted by Gasteiger charge is -2.27. The van der Waals surface area contributed by atoms with Gasteiger partial charge in [-0.1, -0.05) is 19.4 Å². The van der Waals surface area contributed by atoms with Crippen LogP contribution in [0.4, 0.5) is 0 Å². The van der Waals surface area contributed by atoms with Crippen LogP contribution in [0.1, 0.15) is 58.9 Å². The van der Waals surface area contributed by atoms with Crippen LogP contribution in [-0.4, -0.2) is 47.1 Å². The van der Waals surface area contributed by atoms with E-state index in [-0.39, 0.29) is 24.0 Å². The highest BCUT2D eigenvalue weighted by Gasteiger charge is 2.44. The first-order valence-electron chi connectivity index (χ1n) is 9.13. The molecule has 2 heterocycles. The van der Waals surface area contributed by atoms with Crippen LogP contribution in [0.2, 0.25) is 0 Å². The van der Waals surface area contributed by atoms with Gasteiger partial charge in [0.1, 0.15) is 6.04 Å². The highest BCUT2D eigenvalue weighted by Crippen LogP contribution is 2.28. The van der Waals surface area contributed by atoms with E-state index in [1.54, 1.807) is 6.07 Å². The topological polar surface area (TPSA) is 110 Å². The molecule has 146 valence electrons. The first kappa shape index (κ1) is 19.5. The van der Waals surface area contributed by atoms with Crippen LogP contribution in [-0.2, 0) is 19.1 Å². The summed E-state index contributed by atoms with van der Waals surface area (Å²) in [4.78, 5) is 61.2. The Labute approximate surface area is 161 Å². The van der Waals surface area contributed by atoms with Crippen molar-refractivity contribution in [2.45, 2.75) is 38.6 Å². The third kappa shape index (κ3) is 3.85. The Morgan fingerprint density at radius 3 is 2.68 bits per heavy atom. The SMILES string of the molecule is CCCCOC(=O)/C=C/c1ccc2c(c1)C(=O)N(C1CCC(=O)NC1=O)C2=O. The highest BCUT2D eigenvalue weighted by atomic mass is 16.5. The molecule has 1 atom stereocenters. The molecule has 4 amide bonds. The smallest absolute Gasteiger partial charge is 0.330 e. The Balaban J connectivity index is 1.75. The molecule has 8 heteroatoms. The standard InChI is InChI=1S/C20H20N2O6/c1-2-3-10-28-17(24)9-5-12-4-6-13-14(11-12)20(27)22(19(13)26)15-7-8-16(23)21-18(15)25/h4-6,9,11,15H,2-3,7-8,10H2,1H3,(H,21,23,25)/b9-5+. The number of piperidine rings is 1. The van der Waals surface area contributed by atoms with E-state index in [4.69, 9.17) is 4.74 Å². The number of fused-ring (bicyclic) bond motifs is 1. The zero-order valence-electron chi connectivity index (χ0n) is 15.4. The number of hydrogen-bond acceptors (Lipinski definition) is 6. The van der Waals surface area contributed by atoms with E-state index in [0.29, 0.717) is 12.2 Å². The van der Waals surface area contributed by atoms with Crippen LogP contribution >= 0.6 is 0 Å².